The number of likely N-dealkylation sites (N-methyl/N-ethyl adjacent to an activating group) is 1. The van der Waals surface area contributed by atoms with Gasteiger partial charge in [-0.05, 0) is 37.3 Å². The molecule has 0 aliphatic rings. The van der Waals surface area contributed by atoms with Crippen molar-refractivity contribution in [1.82, 2.24) is 15.2 Å². The molecular formula is C20H24N4O2. The highest BCUT2D eigenvalue weighted by Crippen LogP contribution is 2.30. The highest BCUT2D eigenvalue weighted by molar-refractivity contribution is 5.72. The van der Waals surface area contributed by atoms with Crippen LogP contribution in [0.2, 0.25) is 0 Å². The number of rotatable bonds is 8. The fourth-order valence-corrected chi connectivity index (χ4v) is 2.84. The highest BCUT2D eigenvalue weighted by atomic mass is 16.5. The molecule has 0 saturated heterocycles. The maximum Gasteiger partial charge on any atom is 0.128 e. The van der Waals surface area contributed by atoms with Gasteiger partial charge < -0.3 is 14.4 Å². The van der Waals surface area contributed by atoms with Crippen LogP contribution in [-0.4, -0.2) is 49.1 Å². The first-order valence-electron chi connectivity index (χ1n) is 8.66. The fraction of sp³-hybridized carbons (Fsp3) is 0.300. The average molecular weight is 352 g/mol. The Bertz CT molecular complexity index is 830. The molecule has 6 nitrogen and oxygen atoms in total. The highest BCUT2D eigenvalue weighted by Gasteiger charge is 2.11. The number of anilines is 1. The number of nitrogens with zero attached hydrogens (tertiary/aromatic N) is 3. The molecule has 0 amide bonds. The molecule has 0 aliphatic heterocycles. The fourth-order valence-electron chi connectivity index (χ4n) is 2.84. The molecule has 136 valence electrons. The zero-order valence-corrected chi connectivity index (χ0v) is 15.4. The first kappa shape index (κ1) is 17.9. The van der Waals surface area contributed by atoms with Gasteiger partial charge in [0.25, 0.3) is 0 Å². The summed E-state index contributed by atoms with van der Waals surface area (Å²) in [6.07, 6.45) is 1.85. The van der Waals surface area contributed by atoms with Crippen molar-refractivity contribution in [1.29, 1.82) is 0 Å². The summed E-state index contributed by atoms with van der Waals surface area (Å²) in [4.78, 5) is 6.77. The van der Waals surface area contributed by atoms with E-state index in [4.69, 9.17) is 9.47 Å². The van der Waals surface area contributed by atoms with Crippen molar-refractivity contribution in [2.45, 2.75) is 6.92 Å². The van der Waals surface area contributed by atoms with E-state index in [0.29, 0.717) is 6.61 Å². The lowest BCUT2D eigenvalue weighted by atomic mass is 10.1. The number of para-hydroxylation sites is 1. The second kappa shape index (κ2) is 8.49. The summed E-state index contributed by atoms with van der Waals surface area (Å²) in [5, 5.41) is 7.52. The molecule has 0 spiro atoms. The first-order valence-corrected chi connectivity index (χ1v) is 8.66. The molecule has 2 aromatic heterocycles. The summed E-state index contributed by atoms with van der Waals surface area (Å²) >= 11 is 0. The van der Waals surface area contributed by atoms with Crippen molar-refractivity contribution in [2.24, 2.45) is 0 Å². The van der Waals surface area contributed by atoms with E-state index < -0.39 is 0 Å². The van der Waals surface area contributed by atoms with E-state index >= 15 is 0 Å². The molecule has 0 aliphatic carbocycles. The molecule has 0 radical (unpaired) electrons. The number of nitrogens with one attached hydrogen (secondary N) is 1. The molecule has 0 atom stereocenters. The molecule has 6 heteroatoms. The Hall–Kier alpha value is -2.86. The van der Waals surface area contributed by atoms with Crippen LogP contribution in [0.5, 0.6) is 5.75 Å². The minimum absolute atomic E-state index is 0.679. The molecule has 3 aromatic rings. The number of methoxy groups -OCH3 is 2. The van der Waals surface area contributed by atoms with Gasteiger partial charge in [-0.25, -0.2) is 4.98 Å². The van der Waals surface area contributed by atoms with Crippen LogP contribution in [-0.2, 0) is 4.74 Å². The Morgan fingerprint density at radius 3 is 2.65 bits per heavy atom. The number of hydrogen-bond acceptors (Lipinski definition) is 5. The van der Waals surface area contributed by atoms with E-state index in [9.17, 15) is 0 Å². The zero-order chi connectivity index (χ0) is 18.4. The molecule has 1 N–H and O–H groups in total. The van der Waals surface area contributed by atoms with Gasteiger partial charge in [-0.1, -0.05) is 12.1 Å². The SMILES string of the molecule is CCN(CCOC)c1ccc(-c2cc(-c3ccccc3OC)[nH]n2)cn1. The second-order valence-electron chi connectivity index (χ2n) is 5.84. The van der Waals surface area contributed by atoms with Crippen molar-refractivity contribution >= 4 is 5.82 Å². The zero-order valence-electron chi connectivity index (χ0n) is 15.4. The van der Waals surface area contributed by atoms with Crippen molar-refractivity contribution in [3.05, 3.63) is 48.7 Å². The van der Waals surface area contributed by atoms with Crippen LogP contribution in [0.15, 0.2) is 48.7 Å². The molecule has 3 rings (SSSR count). The lowest BCUT2D eigenvalue weighted by Gasteiger charge is -2.21. The van der Waals surface area contributed by atoms with Gasteiger partial charge in [0.05, 0.1) is 25.1 Å². The van der Waals surface area contributed by atoms with E-state index in [1.165, 1.54) is 0 Å². The van der Waals surface area contributed by atoms with Crippen LogP contribution in [0.25, 0.3) is 22.5 Å². The van der Waals surface area contributed by atoms with E-state index in [2.05, 4.69) is 27.0 Å². The van der Waals surface area contributed by atoms with Crippen LogP contribution < -0.4 is 9.64 Å². The Morgan fingerprint density at radius 1 is 1.12 bits per heavy atom. The maximum absolute atomic E-state index is 5.43. The largest absolute Gasteiger partial charge is 0.496 e. The number of H-pyrrole nitrogens is 1. The minimum Gasteiger partial charge on any atom is -0.496 e. The summed E-state index contributed by atoms with van der Waals surface area (Å²) < 4.78 is 10.6. The third kappa shape index (κ3) is 3.86. The summed E-state index contributed by atoms with van der Waals surface area (Å²) in [7, 11) is 3.38. The van der Waals surface area contributed by atoms with E-state index in [-0.39, 0.29) is 0 Å². The molecule has 0 fully saturated rings. The molecule has 0 bridgehead atoms. The van der Waals surface area contributed by atoms with Crippen LogP contribution >= 0.6 is 0 Å². The van der Waals surface area contributed by atoms with E-state index in [1.54, 1.807) is 14.2 Å². The third-order valence-electron chi connectivity index (χ3n) is 4.29. The van der Waals surface area contributed by atoms with E-state index in [1.807, 2.05) is 48.7 Å². The first-order chi connectivity index (χ1) is 12.8. The normalized spacial score (nSPS) is 10.7. The smallest absolute Gasteiger partial charge is 0.128 e. The van der Waals surface area contributed by atoms with Gasteiger partial charge in [-0.3, -0.25) is 5.10 Å². The maximum atomic E-state index is 5.43. The second-order valence-corrected chi connectivity index (χ2v) is 5.84. The number of benzene rings is 1. The molecule has 2 heterocycles. The Morgan fingerprint density at radius 2 is 1.96 bits per heavy atom. The van der Waals surface area contributed by atoms with Gasteiger partial charge >= 0.3 is 0 Å². The summed E-state index contributed by atoms with van der Waals surface area (Å²) in [6.45, 7) is 4.49. The molecule has 0 unspecified atom stereocenters. The summed E-state index contributed by atoms with van der Waals surface area (Å²) in [5.41, 5.74) is 3.71. The van der Waals surface area contributed by atoms with Crippen molar-refractivity contribution in [2.75, 3.05) is 38.8 Å². The molecular weight excluding hydrogens is 328 g/mol. The number of pyridine rings is 1. The Balaban J connectivity index is 1.81. The Kier molecular flexibility index (Phi) is 5.86. The predicted octanol–water partition coefficient (Wildman–Crippen LogP) is 3.62. The van der Waals surface area contributed by atoms with Gasteiger partial charge in [-0.2, -0.15) is 5.10 Å². The van der Waals surface area contributed by atoms with Crippen molar-refractivity contribution in [3.8, 4) is 28.3 Å². The molecule has 0 saturated carbocycles. The van der Waals surface area contributed by atoms with Crippen LogP contribution in [0.4, 0.5) is 5.82 Å². The van der Waals surface area contributed by atoms with E-state index in [0.717, 1.165) is 47.2 Å². The lowest BCUT2D eigenvalue weighted by molar-refractivity contribution is 0.205. The lowest BCUT2D eigenvalue weighted by Crippen LogP contribution is -2.27. The third-order valence-corrected chi connectivity index (χ3v) is 4.29. The van der Waals surface area contributed by atoms with Gasteiger partial charge in [0.2, 0.25) is 0 Å². The molecule has 26 heavy (non-hydrogen) atoms. The number of ether oxygens (including phenoxy) is 2. The van der Waals surface area contributed by atoms with Crippen molar-refractivity contribution in [3.63, 3.8) is 0 Å². The van der Waals surface area contributed by atoms with Gasteiger partial charge in [0.1, 0.15) is 11.6 Å². The number of aromatic nitrogens is 3. The van der Waals surface area contributed by atoms with Crippen LogP contribution in [0.3, 0.4) is 0 Å². The molecule has 1 aromatic carbocycles. The monoisotopic (exact) mass is 352 g/mol. The minimum atomic E-state index is 0.679. The topological polar surface area (TPSA) is 63.3 Å². The van der Waals surface area contributed by atoms with Gasteiger partial charge in [0, 0.05) is 37.5 Å². The van der Waals surface area contributed by atoms with Gasteiger partial charge in [-0.15, -0.1) is 0 Å². The standard InChI is InChI=1S/C20H24N4O2/c1-4-24(11-12-25-2)20-10-9-15(14-21-20)17-13-18(23-22-17)16-7-5-6-8-19(16)26-3/h5-10,13-14H,4,11-12H2,1-3H3,(H,22,23). The van der Waals surface area contributed by atoms with Crippen molar-refractivity contribution < 1.29 is 9.47 Å². The number of hydrogen-bond donors (Lipinski definition) is 1. The van der Waals surface area contributed by atoms with Crippen LogP contribution in [0.1, 0.15) is 6.92 Å². The van der Waals surface area contributed by atoms with Gasteiger partial charge in [0.15, 0.2) is 0 Å². The van der Waals surface area contributed by atoms with Crippen LogP contribution in [0, 0.1) is 0 Å². The predicted molar refractivity (Wildman–Crippen MR) is 104 cm³/mol. The quantitative estimate of drug-likeness (QED) is 0.671. The number of aromatic amines is 1. The average Bonchev–Trinajstić information content (AvgIpc) is 3.19. The Labute approximate surface area is 153 Å². The summed E-state index contributed by atoms with van der Waals surface area (Å²) in [6, 6.07) is 13.9. The summed E-state index contributed by atoms with van der Waals surface area (Å²) in [5.74, 6) is 1.75.